The first-order valence-corrected chi connectivity index (χ1v) is 6.49. The summed E-state index contributed by atoms with van der Waals surface area (Å²) in [6.45, 7) is 4.18. The Balaban J connectivity index is 2.83. The van der Waals surface area contributed by atoms with E-state index in [0.29, 0.717) is 33.6 Å². The Bertz CT molecular complexity index is 395. The van der Waals surface area contributed by atoms with Crippen molar-refractivity contribution in [1.29, 1.82) is 0 Å². The lowest BCUT2D eigenvalue weighted by atomic mass is 9.96. The van der Waals surface area contributed by atoms with Crippen molar-refractivity contribution in [1.82, 2.24) is 0 Å². The Morgan fingerprint density at radius 1 is 1.35 bits per heavy atom. The maximum atomic E-state index is 12.0. The summed E-state index contributed by atoms with van der Waals surface area (Å²) in [6, 6.07) is 3.17. The van der Waals surface area contributed by atoms with Gasteiger partial charge in [0.1, 0.15) is 0 Å². The van der Waals surface area contributed by atoms with E-state index in [1.165, 1.54) is 0 Å². The number of rotatable bonds is 5. The predicted octanol–water partition coefficient (Wildman–Crippen LogP) is 4.58. The molecule has 0 radical (unpaired) electrons. The number of carbonyl (C=O) groups is 1. The van der Waals surface area contributed by atoms with Crippen molar-refractivity contribution in [3.05, 3.63) is 27.7 Å². The van der Waals surface area contributed by atoms with Crippen LogP contribution in [0.2, 0.25) is 10.0 Å². The van der Waals surface area contributed by atoms with Crippen LogP contribution in [0.25, 0.3) is 0 Å². The monoisotopic (exact) mass is 273 g/mol. The average Bonchev–Trinajstić information content (AvgIpc) is 2.25. The fourth-order valence-electron chi connectivity index (χ4n) is 1.77. The second kappa shape index (κ2) is 6.27. The number of nitrogen functional groups attached to an aromatic ring is 1. The van der Waals surface area contributed by atoms with Crippen LogP contribution in [0.1, 0.15) is 43.5 Å². The summed E-state index contributed by atoms with van der Waals surface area (Å²) in [4.78, 5) is 12.0. The molecule has 0 aromatic heterocycles. The molecule has 1 atom stereocenters. The van der Waals surface area contributed by atoms with Gasteiger partial charge in [0, 0.05) is 12.0 Å². The van der Waals surface area contributed by atoms with E-state index < -0.39 is 0 Å². The van der Waals surface area contributed by atoms with Gasteiger partial charge in [-0.2, -0.15) is 0 Å². The zero-order valence-electron chi connectivity index (χ0n) is 10.1. The van der Waals surface area contributed by atoms with Gasteiger partial charge in [-0.1, -0.05) is 49.9 Å². The van der Waals surface area contributed by atoms with Gasteiger partial charge in [0.2, 0.25) is 0 Å². The molecule has 0 heterocycles. The van der Waals surface area contributed by atoms with Crippen molar-refractivity contribution in [2.45, 2.75) is 33.1 Å². The molecule has 2 nitrogen and oxygen atoms in total. The molecular formula is C13H17Cl2NO. The van der Waals surface area contributed by atoms with E-state index >= 15 is 0 Å². The number of carbonyl (C=O) groups excluding carboxylic acids is 1. The van der Waals surface area contributed by atoms with Crippen LogP contribution in [0.5, 0.6) is 0 Å². The van der Waals surface area contributed by atoms with Crippen LogP contribution >= 0.6 is 23.2 Å². The molecule has 0 spiro atoms. The molecule has 0 amide bonds. The summed E-state index contributed by atoms with van der Waals surface area (Å²) >= 11 is 11.8. The largest absolute Gasteiger partial charge is 0.396 e. The highest BCUT2D eigenvalue weighted by molar-refractivity contribution is 6.39. The van der Waals surface area contributed by atoms with Gasteiger partial charge in [0.05, 0.1) is 15.7 Å². The van der Waals surface area contributed by atoms with Crippen molar-refractivity contribution < 1.29 is 4.79 Å². The number of benzene rings is 1. The van der Waals surface area contributed by atoms with E-state index in [9.17, 15) is 4.79 Å². The van der Waals surface area contributed by atoms with E-state index in [1.807, 2.05) is 0 Å². The third-order valence-corrected chi connectivity index (χ3v) is 3.34. The summed E-state index contributed by atoms with van der Waals surface area (Å²) in [5.74, 6) is 0.442. The highest BCUT2D eigenvalue weighted by atomic mass is 35.5. The molecule has 0 fully saturated rings. The molecule has 1 rings (SSSR count). The smallest absolute Gasteiger partial charge is 0.163 e. The van der Waals surface area contributed by atoms with Crippen molar-refractivity contribution in [2.24, 2.45) is 5.92 Å². The number of hydrogen-bond donors (Lipinski definition) is 1. The molecule has 1 unspecified atom stereocenters. The molecule has 17 heavy (non-hydrogen) atoms. The molecule has 0 bridgehead atoms. The van der Waals surface area contributed by atoms with Crippen molar-refractivity contribution in [3.8, 4) is 0 Å². The quantitative estimate of drug-likeness (QED) is 0.630. The molecule has 0 aliphatic heterocycles. The van der Waals surface area contributed by atoms with Crippen LogP contribution in [0.3, 0.4) is 0 Å². The van der Waals surface area contributed by atoms with Gasteiger partial charge in [0.15, 0.2) is 5.78 Å². The number of halogens is 2. The standard InChI is InChI=1S/C13H17Cl2NO/c1-3-4-8(2)5-12(17)9-6-10(14)13(16)11(15)7-9/h6-8H,3-5,16H2,1-2H3. The molecule has 4 heteroatoms. The van der Waals surface area contributed by atoms with E-state index in [2.05, 4.69) is 13.8 Å². The van der Waals surface area contributed by atoms with E-state index in [-0.39, 0.29) is 5.78 Å². The van der Waals surface area contributed by atoms with Crippen LogP contribution in [0.15, 0.2) is 12.1 Å². The zero-order chi connectivity index (χ0) is 13.0. The fourth-order valence-corrected chi connectivity index (χ4v) is 2.26. The third-order valence-electron chi connectivity index (χ3n) is 2.72. The van der Waals surface area contributed by atoms with Crippen LogP contribution in [0, 0.1) is 5.92 Å². The lowest BCUT2D eigenvalue weighted by molar-refractivity contribution is 0.0962. The lowest BCUT2D eigenvalue weighted by Gasteiger charge is -2.10. The highest BCUT2D eigenvalue weighted by Crippen LogP contribution is 2.29. The number of Topliss-reactive ketones (excluding diaryl/α,β-unsaturated/α-hetero) is 1. The minimum Gasteiger partial charge on any atom is -0.396 e. The Labute approximate surface area is 112 Å². The fraction of sp³-hybridized carbons (Fsp3) is 0.462. The predicted molar refractivity (Wildman–Crippen MR) is 73.9 cm³/mol. The Morgan fingerprint density at radius 3 is 2.35 bits per heavy atom. The number of ketones is 1. The minimum absolute atomic E-state index is 0.0646. The Hall–Kier alpha value is -0.730. The van der Waals surface area contributed by atoms with Crippen LogP contribution in [-0.4, -0.2) is 5.78 Å². The summed E-state index contributed by atoms with van der Waals surface area (Å²) in [7, 11) is 0. The topological polar surface area (TPSA) is 43.1 Å². The van der Waals surface area contributed by atoms with Gasteiger partial charge in [0.25, 0.3) is 0 Å². The average molecular weight is 274 g/mol. The highest BCUT2D eigenvalue weighted by Gasteiger charge is 2.14. The van der Waals surface area contributed by atoms with Crippen LogP contribution in [-0.2, 0) is 0 Å². The van der Waals surface area contributed by atoms with Gasteiger partial charge in [-0.25, -0.2) is 0 Å². The van der Waals surface area contributed by atoms with Gasteiger partial charge < -0.3 is 5.73 Å². The van der Waals surface area contributed by atoms with Gasteiger partial charge in [-0.3, -0.25) is 4.79 Å². The first-order valence-electron chi connectivity index (χ1n) is 5.73. The Kier molecular flexibility index (Phi) is 5.29. The lowest BCUT2D eigenvalue weighted by Crippen LogP contribution is -2.06. The number of nitrogens with two attached hydrogens (primary N) is 1. The summed E-state index contributed by atoms with van der Waals surface area (Å²) in [6.07, 6.45) is 2.64. The minimum atomic E-state index is 0.0646. The SMILES string of the molecule is CCCC(C)CC(=O)c1cc(Cl)c(N)c(Cl)c1. The van der Waals surface area contributed by atoms with Crippen molar-refractivity contribution in [3.63, 3.8) is 0 Å². The Morgan fingerprint density at radius 2 is 1.88 bits per heavy atom. The van der Waals surface area contributed by atoms with Gasteiger partial charge in [-0.15, -0.1) is 0 Å². The van der Waals surface area contributed by atoms with Gasteiger partial charge in [-0.05, 0) is 18.1 Å². The molecule has 1 aromatic carbocycles. The molecule has 0 saturated carbocycles. The number of hydrogen-bond acceptors (Lipinski definition) is 2. The van der Waals surface area contributed by atoms with Crippen LogP contribution in [0.4, 0.5) is 5.69 Å². The van der Waals surface area contributed by atoms with Gasteiger partial charge >= 0.3 is 0 Å². The molecule has 1 aromatic rings. The van der Waals surface area contributed by atoms with Crippen molar-refractivity contribution >= 4 is 34.7 Å². The summed E-state index contributed by atoms with van der Waals surface area (Å²) in [5.41, 5.74) is 6.49. The summed E-state index contributed by atoms with van der Waals surface area (Å²) < 4.78 is 0. The normalized spacial score (nSPS) is 12.5. The van der Waals surface area contributed by atoms with Crippen molar-refractivity contribution in [2.75, 3.05) is 5.73 Å². The first kappa shape index (κ1) is 14.3. The third kappa shape index (κ3) is 3.90. The number of anilines is 1. The second-order valence-corrected chi connectivity index (χ2v) is 5.19. The van der Waals surface area contributed by atoms with E-state index in [1.54, 1.807) is 12.1 Å². The maximum Gasteiger partial charge on any atom is 0.163 e. The molecular weight excluding hydrogens is 257 g/mol. The zero-order valence-corrected chi connectivity index (χ0v) is 11.6. The van der Waals surface area contributed by atoms with Crippen LogP contribution < -0.4 is 5.73 Å². The molecule has 94 valence electrons. The second-order valence-electron chi connectivity index (χ2n) is 4.37. The first-order chi connectivity index (χ1) is 7.95. The van der Waals surface area contributed by atoms with E-state index in [4.69, 9.17) is 28.9 Å². The maximum absolute atomic E-state index is 12.0. The summed E-state index contributed by atoms with van der Waals surface area (Å²) in [5, 5.41) is 0.674. The molecule has 0 saturated heterocycles. The molecule has 2 N–H and O–H groups in total. The molecule has 0 aliphatic carbocycles. The molecule has 0 aliphatic rings. The van der Waals surface area contributed by atoms with E-state index in [0.717, 1.165) is 12.8 Å².